The number of unbranched alkanes of at least 4 members (excludes halogenated alkanes) is 2. The molecule has 0 saturated carbocycles. The maximum Gasteiger partial charge on any atom is 0.494 e. The minimum Gasteiger partial charge on any atom is -0.404 e. The second-order valence-corrected chi connectivity index (χ2v) is 5.78. The summed E-state index contributed by atoms with van der Waals surface area (Å²) in [5.41, 5.74) is 1.15. The van der Waals surface area contributed by atoms with Gasteiger partial charge in [0.15, 0.2) is 0 Å². The minimum atomic E-state index is -0.173. The third-order valence-corrected chi connectivity index (χ3v) is 3.99. The Kier molecular flexibility index (Phi) is 6.61. The Morgan fingerprint density at radius 3 is 2.00 bits per heavy atom. The van der Waals surface area contributed by atoms with Crippen LogP contribution in [0.5, 0.6) is 0 Å². The van der Waals surface area contributed by atoms with E-state index in [1.54, 1.807) is 0 Å². The first-order valence-corrected chi connectivity index (χ1v) is 8.19. The quantitative estimate of drug-likeness (QED) is 0.701. The standard InChI is InChI=1S/C17H27BO2/c1-3-5-12-16-14-17(13-6-4-2)20-18(19-16)15-10-8-7-9-11-15/h7-11,16-17H,3-6,12-14H2,1-2H3/t16-,17-/m1/s1. The lowest BCUT2D eigenvalue weighted by Gasteiger charge is -2.34. The fraction of sp³-hybridized carbons (Fsp3) is 0.647. The maximum absolute atomic E-state index is 6.16. The first kappa shape index (κ1) is 15.6. The fourth-order valence-corrected chi connectivity index (χ4v) is 2.79. The van der Waals surface area contributed by atoms with Crippen LogP contribution in [-0.2, 0) is 9.31 Å². The summed E-state index contributed by atoms with van der Waals surface area (Å²) in [4.78, 5) is 0. The summed E-state index contributed by atoms with van der Waals surface area (Å²) in [5, 5.41) is 0. The smallest absolute Gasteiger partial charge is 0.404 e. The third kappa shape index (κ3) is 4.64. The highest BCUT2D eigenvalue weighted by Gasteiger charge is 2.34. The Balaban J connectivity index is 1.99. The highest BCUT2D eigenvalue weighted by atomic mass is 16.6. The van der Waals surface area contributed by atoms with Gasteiger partial charge in [0.2, 0.25) is 0 Å². The van der Waals surface area contributed by atoms with Crippen molar-refractivity contribution in [3.8, 4) is 0 Å². The molecule has 0 N–H and O–H groups in total. The highest BCUT2D eigenvalue weighted by Crippen LogP contribution is 2.23. The zero-order chi connectivity index (χ0) is 14.2. The number of hydrogen-bond acceptors (Lipinski definition) is 2. The zero-order valence-electron chi connectivity index (χ0n) is 12.9. The lowest BCUT2D eigenvalue weighted by molar-refractivity contribution is 0.0134. The summed E-state index contributed by atoms with van der Waals surface area (Å²) in [6, 6.07) is 10.3. The van der Waals surface area contributed by atoms with Crippen LogP contribution in [-0.4, -0.2) is 19.3 Å². The predicted molar refractivity (Wildman–Crippen MR) is 85.2 cm³/mol. The molecule has 2 atom stereocenters. The van der Waals surface area contributed by atoms with Crippen LogP contribution in [0.25, 0.3) is 0 Å². The monoisotopic (exact) mass is 274 g/mol. The van der Waals surface area contributed by atoms with Gasteiger partial charge in [-0.05, 0) is 24.7 Å². The molecular weight excluding hydrogens is 247 g/mol. The van der Waals surface area contributed by atoms with Crippen LogP contribution in [0.2, 0.25) is 0 Å². The van der Waals surface area contributed by atoms with E-state index in [1.165, 1.54) is 25.7 Å². The molecule has 0 spiro atoms. The van der Waals surface area contributed by atoms with Gasteiger partial charge in [0, 0.05) is 12.2 Å². The van der Waals surface area contributed by atoms with Crippen LogP contribution in [0.15, 0.2) is 30.3 Å². The molecule has 1 heterocycles. The van der Waals surface area contributed by atoms with Crippen molar-refractivity contribution in [2.75, 3.05) is 0 Å². The molecule has 1 aliphatic rings. The van der Waals surface area contributed by atoms with Crippen molar-refractivity contribution in [2.24, 2.45) is 0 Å². The minimum absolute atomic E-state index is 0.173. The van der Waals surface area contributed by atoms with E-state index in [4.69, 9.17) is 9.31 Å². The Hall–Kier alpha value is -0.795. The SMILES string of the molecule is CCCC[C@@H]1C[C@@H](CCCC)OB(c2ccccc2)O1. The zero-order valence-corrected chi connectivity index (χ0v) is 12.9. The molecule has 0 unspecified atom stereocenters. The van der Waals surface area contributed by atoms with E-state index in [0.29, 0.717) is 12.2 Å². The van der Waals surface area contributed by atoms with Crippen LogP contribution < -0.4 is 5.46 Å². The first-order chi connectivity index (χ1) is 9.83. The molecule has 1 aliphatic heterocycles. The predicted octanol–water partition coefficient (Wildman–Crippen LogP) is 3.94. The average Bonchev–Trinajstić information content (AvgIpc) is 2.51. The molecule has 1 aromatic rings. The Labute approximate surface area is 124 Å². The molecule has 0 amide bonds. The van der Waals surface area contributed by atoms with Gasteiger partial charge in [-0.2, -0.15) is 0 Å². The largest absolute Gasteiger partial charge is 0.494 e. The summed E-state index contributed by atoms with van der Waals surface area (Å²) in [6.45, 7) is 4.48. The number of benzene rings is 1. The van der Waals surface area contributed by atoms with Crippen molar-refractivity contribution in [3.63, 3.8) is 0 Å². The van der Waals surface area contributed by atoms with E-state index in [0.717, 1.165) is 24.7 Å². The first-order valence-electron chi connectivity index (χ1n) is 8.19. The molecule has 0 bridgehead atoms. The molecule has 1 fully saturated rings. The summed E-state index contributed by atoms with van der Waals surface area (Å²) in [6.07, 6.45) is 9.04. The lowest BCUT2D eigenvalue weighted by atomic mass is 9.76. The van der Waals surface area contributed by atoms with Gasteiger partial charge in [-0.3, -0.25) is 0 Å². The molecule has 1 aromatic carbocycles. The molecule has 2 nitrogen and oxygen atoms in total. The fourth-order valence-electron chi connectivity index (χ4n) is 2.79. The van der Waals surface area contributed by atoms with Gasteiger partial charge in [0.1, 0.15) is 0 Å². The van der Waals surface area contributed by atoms with E-state index in [-0.39, 0.29) is 7.12 Å². The normalized spacial score (nSPS) is 23.0. The molecular formula is C17H27BO2. The second kappa shape index (κ2) is 8.48. The Morgan fingerprint density at radius 2 is 1.50 bits per heavy atom. The summed E-state index contributed by atoms with van der Waals surface area (Å²) >= 11 is 0. The molecule has 2 rings (SSSR count). The van der Waals surface area contributed by atoms with Crippen molar-refractivity contribution in [1.82, 2.24) is 0 Å². The third-order valence-electron chi connectivity index (χ3n) is 3.99. The van der Waals surface area contributed by atoms with Gasteiger partial charge in [-0.15, -0.1) is 0 Å². The summed E-state index contributed by atoms with van der Waals surface area (Å²) < 4.78 is 12.3. The van der Waals surface area contributed by atoms with E-state index < -0.39 is 0 Å². The molecule has 0 aliphatic carbocycles. The van der Waals surface area contributed by atoms with Gasteiger partial charge in [0.05, 0.1) is 0 Å². The molecule has 0 aromatic heterocycles. The van der Waals surface area contributed by atoms with Crippen molar-refractivity contribution in [1.29, 1.82) is 0 Å². The van der Waals surface area contributed by atoms with Gasteiger partial charge in [0.25, 0.3) is 0 Å². The van der Waals surface area contributed by atoms with Crippen molar-refractivity contribution >= 4 is 12.6 Å². The lowest BCUT2D eigenvalue weighted by Crippen LogP contribution is -2.48. The van der Waals surface area contributed by atoms with Crippen LogP contribution in [0.3, 0.4) is 0 Å². The highest BCUT2D eigenvalue weighted by molar-refractivity contribution is 6.61. The Morgan fingerprint density at radius 1 is 0.950 bits per heavy atom. The second-order valence-electron chi connectivity index (χ2n) is 5.78. The van der Waals surface area contributed by atoms with Crippen molar-refractivity contribution < 1.29 is 9.31 Å². The van der Waals surface area contributed by atoms with E-state index >= 15 is 0 Å². The number of rotatable bonds is 7. The summed E-state index contributed by atoms with van der Waals surface area (Å²) in [7, 11) is -0.173. The Bertz CT molecular complexity index is 353. The summed E-state index contributed by atoms with van der Waals surface area (Å²) in [5.74, 6) is 0. The average molecular weight is 274 g/mol. The van der Waals surface area contributed by atoms with E-state index in [2.05, 4.69) is 38.1 Å². The van der Waals surface area contributed by atoms with Gasteiger partial charge in [-0.25, -0.2) is 0 Å². The van der Waals surface area contributed by atoms with Crippen molar-refractivity contribution in [2.45, 2.75) is 71.0 Å². The molecule has 3 heteroatoms. The number of hydrogen-bond donors (Lipinski definition) is 0. The maximum atomic E-state index is 6.16. The van der Waals surface area contributed by atoms with Crippen LogP contribution in [0.1, 0.15) is 58.8 Å². The molecule has 0 radical (unpaired) electrons. The van der Waals surface area contributed by atoms with Crippen molar-refractivity contribution in [3.05, 3.63) is 30.3 Å². The van der Waals surface area contributed by atoms with E-state index in [9.17, 15) is 0 Å². The van der Waals surface area contributed by atoms with Crippen LogP contribution in [0.4, 0.5) is 0 Å². The molecule has 1 saturated heterocycles. The molecule has 20 heavy (non-hydrogen) atoms. The van der Waals surface area contributed by atoms with Gasteiger partial charge >= 0.3 is 7.12 Å². The van der Waals surface area contributed by atoms with Crippen LogP contribution >= 0.6 is 0 Å². The van der Waals surface area contributed by atoms with Gasteiger partial charge < -0.3 is 9.31 Å². The van der Waals surface area contributed by atoms with Crippen LogP contribution in [0, 0.1) is 0 Å². The molecule has 110 valence electrons. The van der Waals surface area contributed by atoms with Gasteiger partial charge in [-0.1, -0.05) is 69.9 Å². The van der Waals surface area contributed by atoms with E-state index in [1.807, 2.05) is 6.07 Å². The topological polar surface area (TPSA) is 18.5 Å².